The minimum absolute atomic E-state index is 0.000946. The Morgan fingerprint density at radius 2 is 1.81 bits per heavy atom. The fourth-order valence-corrected chi connectivity index (χ4v) is 6.25. The van der Waals surface area contributed by atoms with Crippen LogP contribution < -0.4 is 10.0 Å². The van der Waals surface area contributed by atoms with Crippen LogP contribution in [-0.2, 0) is 16.4 Å². The third-order valence-corrected chi connectivity index (χ3v) is 8.33. The van der Waals surface area contributed by atoms with Gasteiger partial charge in [0.05, 0.1) is 26.7 Å². The largest absolute Gasteiger partial charge is 0.351 e. The second-order valence-corrected chi connectivity index (χ2v) is 11.1. The summed E-state index contributed by atoms with van der Waals surface area (Å²) in [7, 11) is -3.81. The molecule has 2 aliphatic carbocycles. The number of non-ortho nitro benzene ring substituents is 1. The first-order chi connectivity index (χ1) is 17.3. The predicted octanol–water partition coefficient (Wildman–Crippen LogP) is 4.73. The monoisotopic (exact) mass is 525 g/mol. The van der Waals surface area contributed by atoms with Crippen molar-refractivity contribution in [3.63, 3.8) is 0 Å². The summed E-state index contributed by atoms with van der Waals surface area (Å²) in [6.45, 7) is 0. The van der Waals surface area contributed by atoms with E-state index in [0.29, 0.717) is 29.5 Å². The number of anilines is 1. The minimum atomic E-state index is -3.81. The van der Waals surface area contributed by atoms with Crippen LogP contribution in [0.1, 0.15) is 42.5 Å². The molecule has 1 saturated carbocycles. The zero-order chi connectivity index (χ0) is 25.3. The number of nitro benzene ring substituents is 1. The minimum Gasteiger partial charge on any atom is -0.351 e. The Labute approximate surface area is 213 Å². The highest BCUT2D eigenvalue weighted by atomic mass is 35.5. The van der Waals surface area contributed by atoms with Gasteiger partial charge in [-0.05, 0) is 55.4 Å². The van der Waals surface area contributed by atoms with Crippen LogP contribution >= 0.6 is 11.6 Å². The van der Waals surface area contributed by atoms with Gasteiger partial charge in [0, 0.05) is 29.8 Å². The average molecular weight is 526 g/mol. The van der Waals surface area contributed by atoms with E-state index in [0.717, 1.165) is 30.4 Å². The van der Waals surface area contributed by atoms with Crippen LogP contribution in [0.15, 0.2) is 65.7 Å². The Balaban J connectivity index is 1.27. The molecule has 2 aliphatic rings. The number of sulfonamides is 1. The van der Waals surface area contributed by atoms with Crippen LogP contribution in [-0.4, -0.2) is 35.4 Å². The lowest BCUT2D eigenvalue weighted by atomic mass is 9.92. The van der Waals surface area contributed by atoms with Crippen LogP contribution in [0.5, 0.6) is 0 Å². The van der Waals surface area contributed by atoms with Gasteiger partial charge in [-0.15, -0.1) is 0 Å². The predicted molar refractivity (Wildman–Crippen MR) is 137 cm³/mol. The molecular formula is C25H24ClN5O4S. The molecule has 0 aliphatic heterocycles. The molecule has 0 saturated heterocycles. The molecule has 186 valence electrons. The van der Waals surface area contributed by atoms with E-state index in [4.69, 9.17) is 16.6 Å². The van der Waals surface area contributed by atoms with Gasteiger partial charge in [0.25, 0.3) is 5.69 Å². The molecule has 0 unspecified atom stereocenters. The molecule has 1 fully saturated rings. The number of nitrogens with one attached hydrogen (secondary N) is 2. The van der Waals surface area contributed by atoms with Crippen molar-refractivity contribution in [2.24, 2.45) is 0 Å². The number of hydrogen-bond acceptors (Lipinski definition) is 7. The van der Waals surface area contributed by atoms with Crippen molar-refractivity contribution in [1.82, 2.24) is 14.7 Å². The fraction of sp³-hybridized carbons (Fsp3) is 0.280. The van der Waals surface area contributed by atoms with Crippen molar-refractivity contribution in [3.8, 4) is 0 Å². The second kappa shape index (κ2) is 9.96. The number of benzene rings is 2. The van der Waals surface area contributed by atoms with Crippen LogP contribution in [0.25, 0.3) is 5.57 Å². The summed E-state index contributed by atoms with van der Waals surface area (Å²) in [6.07, 6.45) is 7.46. The molecule has 11 heteroatoms. The summed E-state index contributed by atoms with van der Waals surface area (Å²) in [5.41, 5.74) is 3.84. The van der Waals surface area contributed by atoms with Gasteiger partial charge in [0.1, 0.15) is 0 Å². The van der Waals surface area contributed by atoms with E-state index >= 15 is 0 Å². The Hall–Kier alpha value is -3.34. The third-order valence-electron chi connectivity index (χ3n) is 6.52. The number of halogens is 1. The highest BCUT2D eigenvalue weighted by molar-refractivity contribution is 7.89. The van der Waals surface area contributed by atoms with Gasteiger partial charge in [-0.25, -0.2) is 23.1 Å². The van der Waals surface area contributed by atoms with E-state index in [1.165, 1.54) is 29.8 Å². The van der Waals surface area contributed by atoms with Gasteiger partial charge in [0.2, 0.25) is 16.0 Å². The summed E-state index contributed by atoms with van der Waals surface area (Å²) in [4.78, 5) is 19.3. The molecule has 1 heterocycles. The summed E-state index contributed by atoms with van der Waals surface area (Å²) >= 11 is 6.46. The van der Waals surface area contributed by atoms with Crippen LogP contribution in [0.4, 0.5) is 11.6 Å². The number of rotatable bonds is 7. The number of nitro groups is 1. The van der Waals surface area contributed by atoms with Gasteiger partial charge in [-0.2, -0.15) is 0 Å². The van der Waals surface area contributed by atoms with Gasteiger partial charge in [-0.1, -0.05) is 41.9 Å². The fourth-order valence-electron chi connectivity index (χ4n) is 4.78. The van der Waals surface area contributed by atoms with Crippen molar-refractivity contribution >= 4 is 38.8 Å². The molecular weight excluding hydrogens is 502 g/mol. The SMILES string of the molecule is O=[N+]([O-])c1ccc(S(=O)(=O)N[C@H]2CCC[C@@H](Nc3ncc(Cl)c(C4=CCc5ccccc54)n3)C2)cc1. The Bertz CT molecular complexity index is 1440. The quantitative estimate of drug-likeness (QED) is 0.337. The standard InChI is InChI=1S/C25H24ClN5O4S/c26-23-15-27-25(29-24(23)22-13-8-16-4-1-2-7-21(16)22)28-17-5-3-6-18(14-17)30-36(34,35)20-11-9-19(10-12-20)31(32)33/h1-2,4,7,9-13,15,17-18,30H,3,5-6,8,14H2,(H,27,28,29)/t17-,18+/m1/s1. The number of fused-ring (bicyclic) bond motifs is 1. The highest BCUT2D eigenvalue weighted by Gasteiger charge is 2.28. The van der Waals surface area contributed by atoms with Crippen LogP contribution in [0.2, 0.25) is 5.02 Å². The zero-order valence-corrected chi connectivity index (χ0v) is 20.8. The number of allylic oxidation sites excluding steroid dienone is 1. The molecule has 5 rings (SSSR count). The maximum Gasteiger partial charge on any atom is 0.269 e. The van der Waals surface area contributed by atoms with E-state index < -0.39 is 14.9 Å². The third kappa shape index (κ3) is 5.11. The summed E-state index contributed by atoms with van der Waals surface area (Å²) in [5.74, 6) is 0.448. The summed E-state index contributed by atoms with van der Waals surface area (Å²) in [5, 5.41) is 14.7. The first kappa shape index (κ1) is 24.4. The van der Waals surface area contributed by atoms with E-state index in [2.05, 4.69) is 33.2 Å². The molecule has 2 atom stereocenters. The molecule has 36 heavy (non-hydrogen) atoms. The van der Waals surface area contributed by atoms with Crippen molar-refractivity contribution in [2.75, 3.05) is 5.32 Å². The Morgan fingerprint density at radius 1 is 1.06 bits per heavy atom. The van der Waals surface area contributed by atoms with Gasteiger partial charge >= 0.3 is 0 Å². The van der Waals surface area contributed by atoms with Crippen LogP contribution in [0, 0.1) is 10.1 Å². The number of nitrogens with zero attached hydrogens (tertiary/aromatic N) is 3. The summed E-state index contributed by atoms with van der Waals surface area (Å²) < 4.78 is 28.4. The Kier molecular flexibility index (Phi) is 6.74. The Morgan fingerprint density at radius 3 is 2.58 bits per heavy atom. The highest BCUT2D eigenvalue weighted by Crippen LogP contribution is 2.35. The molecule has 0 amide bonds. The van der Waals surface area contributed by atoms with E-state index in [-0.39, 0.29) is 22.7 Å². The lowest BCUT2D eigenvalue weighted by Gasteiger charge is -2.30. The smallest absolute Gasteiger partial charge is 0.269 e. The van der Waals surface area contributed by atoms with Crippen molar-refractivity contribution < 1.29 is 13.3 Å². The van der Waals surface area contributed by atoms with Gasteiger partial charge < -0.3 is 5.32 Å². The van der Waals surface area contributed by atoms with Gasteiger partial charge in [0.15, 0.2) is 0 Å². The second-order valence-electron chi connectivity index (χ2n) is 8.95. The molecule has 3 aromatic rings. The molecule has 1 aromatic heterocycles. The van der Waals surface area contributed by atoms with Crippen molar-refractivity contribution in [1.29, 1.82) is 0 Å². The topological polar surface area (TPSA) is 127 Å². The van der Waals surface area contributed by atoms with Crippen molar-refractivity contribution in [3.05, 3.63) is 92.8 Å². The van der Waals surface area contributed by atoms with E-state index in [9.17, 15) is 18.5 Å². The molecule has 0 radical (unpaired) electrons. The molecule has 9 nitrogen and oxygen atoms in total. The number of aromatic nitrogens is 2. The zero-order valence-electron chi connectivity index (χ0n) is 19.2. The number of hydrogen-bond donors (Lipinski definition) is 2. The molecule has 0 spiro atoms. The lowest BCUT2D eigenvalue weighted by Crippen LogP contribution is -2.41. The maximum atomic E-state index is 12.8. The molecule has 2 N–H and O–H groups in total. The first-order valence-electron chi connectivity index (χ1n) is 11.6. The van der Waals surface area contributed by atoms with Gasteiger partial charge in [-0.3, -0.25) is 10.1 Å². The average Bonchev–Trinajstić information content (AvgIpc) is 3.29. The van der Waals surface area contributed by atoms with E-state index in [1.54, 1.807) is 6.20 Å². The summed E-state index contributed by atoms with van der Waals surface area (Å²) in [6, 6.07) is 12.7. The van der Waals surface area contributed by atoms with Crippen molar-refractivity contribution in [2.45, 2.75) is 49.1 Å². The molecule has 2 aromatic carbocycles. The lowest BCUT2D eigenvalue weighted by molar-refractivity contribution is -0.384. The maximum absolute atomic E-state index is 12.8. The first-order valence-corrected chi connectivity index (χ1v) is 13.5. The normalized spacial score (nSPS) is 19.4. The van der Waals surface area contributed by atoms with E-state index in [1.807, 2.05) is 12.1 Å². The molecule has 0 bridgehead atoms. The van der Waals surface area contributed by atoms with Crippen LogP contribution in [0.3, 0.4) is 0 Å².